The van der Waals surface area contributed by atoms with Crippen LogP contribution in [0.4, 0.5) is 0 Å². The second-order valence-corrected chi connectivity index (χ2v) is 9.85. The molecular weight excluding hydrogens is 448 g/mol. The van der Waals surface area contributed by atoms with Gasteiger partial charge in [-0.25, -0.2) is 0 Å². The number of carbonyl (C=O) groups excluding carboxylic acids is 1. The van der Waals surface area contributed by atoms with Gasteiger partial charge in [0.2, 0.25) is 5.91 Å². The maximum absolute atomic E-state index is 13.0. The molecule has 0 aliphatic carbocycles. The van der Waals surface area contributed by atoms with Crippen LogP contribution in [0.25, 0.3) is 0 Å². The minimum absolute atomic E-state index is 0.126. The average molecular weight is 481 g/mol. The van der Waals surface area contributed by atoms with Gasteiger partial charge in [-0.3, -0.25) is 4.79 Å². The summed E-state index contributed by atoms with van der Waals surface area (Å²) in [6, 6.07) is 15.9. The van der Waals surface area contributed by atoms with Crippen molar-refractivity contribution in [1.29, 1.82) is 0 Å². The van der Waals surface area contributed by atoms with Crippen LogP contribution in [0, 0.1) is 5.92 Å². The Balaban J connectivity index is 1.44. The number of nitrogens with zero attached hydrogens (tertiary/aromatic N) is 4. The van der Waals surface area contributed by atoms with Crippen LogP contribution in [0.3, 0.4) is 0 Å². The van der Waals surface area contributed by atoms with E-state index in [1.807, 2.05) is 42.2 Å². The molecule has 0 bridgehead atoms. The van der Waals surface area contributed by atoms with Gasteiger partial charge in [0.1, 0.15) is 11.5 Å². The molecule has 1 atom stereocenters. The van der Waals surface area contributed by atoms with E-state index in [2.05, 4.69) is 46.8 Å². The van der Waals surface area contributed by atoms with Crippen molar-refractivity contribution in [2.75, 3.05) is 19.4 Å². The zero-order valence-electron chi connectivity index (χ0n) is 20.2. The van der Waals surface area contributed by atoms with Crippen molar-refractivity contribution < 1.29 is 14.3 Å². The van der Waals surface area contributed by atoms with Gasteiger partial charge in [0.05, 0.1) is 12.9 Å². The lowest BCUT2D eigenvalue weighted by atomic mass is 10.00. The van der Waals surface area contributed by atoms with Gasteiger partial charge in [-0.1, -0.05) is 55.9 Å². The second-order valence-electron chi connectivity index (χ2n) is 8.91. The third kappa shape index (κ3) is 5.73. The largest absolute Gasteiger partial charge is 0.497 e. The highest BCUT2D eigenvalue weighted by Crippen LogP contribution is 2.28. The van der Waals surface area contributed by atoms with Gasteiger partial charge in [0.25, 0.3) is 0 Å². The Bertz CT molecular complexity index is 1130. The molecule has 1 unspecified atom stereocenters. The van der Waals surface area contributed by atoms with Gasteiger partial charge < -0.3 is 18.9 Å². The van der Waals surface area contributed by atoms with Crippen LogP contribution >= 0.6 is 11.8 Å². The number of fused-ring (bicyclic) bond motifs is 1. The SMILES string of the molecule is COc1cccc(OC(C)c2nnc(SCC(=O)N3CCc4ccccc4C3)n2CC(C)C)c1. The zero-order chi connectivity index (χ0) is 24.1. The topological polar surface area (TPSA) is 69.5 Å². The van der Waals surface area contributed by atoms with E-state index in [4.69, 9.17) is 9.47 Å². The summed E-state index contributed by atoms with van der Waals surface area (Å²) >= 11 is 1.45. The molecule has 2 heterocycles. The lowest BCUT2D eigenvalue weighted by molar-refractivity contribution is -0.129. The fourth-order valence-electron chi connectivity index (χ4n) is 4.10. The molecule has 34 heavy (non-hydrogen) atoms. The third-order valence-electron chi connectivity index (χ3n) is 5.82. The minimum Gasteiger partial charge on any atom is -0.497 e. The van der Waals surface area contributed by atoms with Crippen molar-refractivity contribution in [3.63, 3.8) is 0 Å². The van der Waals surface area contributed by atoms with E-state index in [0.29, 0.717) is 24.0 Å². The van der Waals surface area contributed by atoms with Crippen LogP contribution in [0.5, 0.6) is 11.5 Å². The molecular formula is C26H32N4O3S. The predicted octanol–water partition coefficient (Wildman–Crippen LogP) is 4.76. The summed E-state index contributed by atoms with van der Waals surface area (Å²) in [6.45, 7) is 8.45. The predicted molar refractivity (Wildman–Crippen MR) is 133 cm³/mol. The molecule has 1 aromatic heterocycles. The fourth-order valence-corrected chi connectivity index (χ4v) is 4.96. The number of hydrogen-bond acceptors (Lipinski definition) is 6. The number of aromatic nitrogens is 3. The lowest BCUT2D eigenvalue weighted by Crippen LogP contribution is -2.37. The first-order valence-electron chi connectivity index (χ1n) is 11.7. The molecule has 0 saturated heterocycles. The van der Waals surface area contributed by atoms with E-state index in [9.17, 15) is 4.79 Å². The molecule has 180 valence electrons. The van der Waals surface area contributed by atoms with Crippen LogP contribution in [0.2, 0.25) is 0 Å². The van der Waals surface area contributed by atoms with Gasteiger partial charge in [-0.05, 0) is 42.5 Å². The molecule has 0 saturated carbocycles. The maximum Gasteiger partial charge on any atom is 0.233 e. The number of thioether (sulfide) groups is 1. The van der Waals surface area contributed by atoms with Crippen molar-refractivity contribution in [3.05, 3.63) is 65.5 Å². The average Bonchev–Trinajstić information content (AvgIpc) is 3.24. The Hall–Kier alpha value is -3.00. The Kier molecular flexibility index (Phi) is 7.77. The third-order valence-corrected chi connectivity index (χ3v) is 6.77. The summed E-state index contributed by atoms with van der Waals surface area (Å²) in [7, 11) is 1.63. The second kappa shape index (κ2) is 11.0. The summed E-state index contributed by atoms with van der Waals surface area (Å²) in [5.41, 5.74) is 2.58. The van der Waals surface area contributed by atoms with Crippen LogP contribution in [0.1, 0.15) is 43.8 Å². The molecule has 4 rings (SSSR count). The quantitative estimate of drug-likeness (QED) is 0.411. The van der Waals surface area contributed by atoms with Crippen molar-refractivity contribution in [3.8, 4) is 11.5 Å². The molecule has 7 nitrogen and oxygen atoms in total. The van der Waals surface area contributed by atoms with Gasteiger partial charge >= 0.3 is 0 Å². The Labute approximate surface area is 205 Å². The van der Waals surface area contributed by atoms with Crippen molar-refractivity contribution in [2.45, 2.75) is 51.5 Å². The normalized spacial score (nSPS) is 14.1. The first kappa shape index (κ1) is 24.1. The smallest absolute Gasteiger partial charge is 0.233 e. The van der Waals surface area contributed by atoms with Crippen LogP contribution in [0.15, 0.2) is 53.7 Å². The van der Waals surface area contributed by atoms with Gasteiger partial charge in [0.15, 0.2) is 17.1 Å². The molecule has 0 N–H and O–H groups in total. The summed E-state index contributed by atoms with van der Waals surface area (Å²) < 4.78 is 13.5. The Morgan fingerprint density at radius 1 is 1.06 bits per heavy atom. The summed E-state index contributed by atoms with van der Waals surface area (Å²) in [5.74, 6) is 3.06. The monoisotopic (exact) mass is 480 g/mol. The van der Waals surface area contributed by atoms with E-state index >= 15 is 0 Å². The molecule has 8 heteroatoms. The molecule has 0 fully saturated rings. The van der Waals surface area contributed by atoms with E-state index in [-0.39, 0.29) is 12.0 Å². The molecule has 1 aliphatic rings. The van der Waals surface area contributed by atoms with Crippen molar-refractivity contribution >= 4 is 17.7 Å². The molecule has 1 aliphatic heterocycles. The highest BCUT2D eigenvalue weighted by Gasteiger charge is 2.24. The molecule has 0 spiro atoms. The first-order chi connectivity index (χ1) is 16.4. The van der Waals surface area contributed by atoms with Crippen LogP contribution in [-0.4, -0.2) is 45.0 Å². The van der Waals surface area contributed by atoms with Crippen molar-refractivity contribution in [2.24, 2.45) is 5.92 Å². The van der Waals surface area contributed by atoms with E-state index < -0.39 is 0 Å². The maximum atomic E-state index is 13.0. The number of methoxy groups -OCH3 is 1. The Morgan fingerprint density at radius 2 is 1.82 bits per heavy atom. The number of carbonyl (C=O) groups is 1. The summed E-state index contributed by atoms with van der Waals surface area (Å²) in [6.07, 6.45) is 0.598. The van der Waals surface area contributed by atoms with E-state index in [0.717, 1.165) is 36.2 Å². The number of benzene rings is 2. The molecule has 0 radical (unpaired) electrons. The summed E-state index contributed by atoms with van der Waals surface area (Å²) in [5, 5.41) is 9.60. The lowest BCUT2D eigenvalue weighted by Gasteiger charge is -2.28. The van der Waals surface area contributed by atoms with E-state index in [1.165, 1.54) is 22.9 Å². The highest BCUT2D eigenvalue weighted by atomic mass is 32.2. The molecule has 3 aromatic rings. The van der Waals surface area contributed by atoms with Crippen LogP contribution < -0.4 is 9.47 Å². The first-order valence-corrected chi connectivity index (χ1v) is 12.6. The zero-order valence-corrected chi connectivity index (χ0v) is 21.0. The molecule has 1 amide bonds. The van der Waals surface area contributed by atoms with Crippen LogP contribution in [-0.2, 0) is 24.3 Å². The van der Waals surface area contributed by atoms with Gasteiger partial charge in [-0.15, -0.1) is 10.2 Å². The molecule has 2 aromatic carbocycles. The number of ether oxygens (including phenoxy) is 2. The minimum atomic E-state index is -0.304. The summed E-state index contributed by atoms with van der Waals surface area (Å²) in [4.78, 5) is 14.9. The number of rotatable bonds is 9. The fraction of sp³-hybridized carbons (Fsp3) is 0.423. The highest BCUT2D eigenvalue weighted by molar-refractivity contribution is 7.99. The van der Waals surface area contributed by atoms with Crippen molar-refractivity contribution in [1.82, 2.24) is 19.7 Å². The Morgan fingerprint density at radius 3 is 2.59 bits per heavy atom. The van der Waals surface area contributed by atoms with E-state index in [1.54, 1.807) is 7.11 Å². The number of hydrogen-bond donors (Lipinski definition) is 0. The number of amides is 1. The van der Waals surface area contributed by atoms with Gasteiger partial charge in [0, 0.05) is 25.7 Å². The van der Waals surface area contributed by atoms with Gasteiger partial charge in [-0.2, -0.15) is 0 Å². The standard InChI is InChI=1S/C26H32N4O3S/c1-18(2)15-30-25(19(3)33-23-11-7-10-22(14-23)32-4)27-28-26(30)34-17-24(31)29-13-12-20-8-5-6-9-21(20)16-29/h5-11,14,18-19H,12-13,15-17H2,1-4H3.